The lowest BCUT2D eigenvalue weighted by molar-refractivity contribution is -0.140. The number of alkyl halides is 1. The summed E-state index contributed by atoms with van der Waals surface area (Å²) in [6.45, 7) is -0.631. The van der Waals surface area contributed by atoms with E-state index in [9.17, 15) is 9.18 Å². The molecule has 0 aliphatic heterocycles. The molecule has 0 bridgehead atoms. The molecule has 0 saturated carbocycles. The molecular weight excluding hydrogens is 223 g/mol. The van der Waals surface area contributed by atoms with E-state index < -0.39 is 12.8 Å². The summed E-state index contributed by atoms with van der Waals surface area (Å²) in [6.07, 6.45) is 7.61. The molecule has 0 heterocycles. The summed E-state index contributed by atoms with van der Waals surface area (Å²) >= 11 is 0. The van der Waals surface area contributed by atoms with Gasteiger partial charge in [-0.25, -0.2) is 4.39 Å². The van der Waals surface area contributed by atoms with Crippen LogP contribution in [0.1, 0.15) is 57.8 Å². The average molecular weight is 248 g/mol. The van der Waals surface area contributed by atoms with Crippen LogP contribution in [0.15, 0.2) is 0 Å². The number of halogens is 1. The maximum atomic E-state index is 11.9. The molecule has 0 aliphatic carbocycles. The highest BCUT2D eigenvalue weighted by Crippen LogP contribution is 2.11. The number of aliphatic hydroxyl groups is 1. The van der Waals surface area contributed by atoms with Gasteiger partial charge < -0.3 is 9.84 Å². The Kier molecular flexibility index (Phi) is 11.4. The first-order valence-corrected chi connectivity index (χ1v) is 6.51. The standard InChI is InChI=1S/C13H25FO3/c1-17-13(16)10-8-6-4-2-3-5-7-9-12(15)11-14/h12,15H,2-11H2,1H3. The number of hydrogen-bond donors (Lipinski definition) is 1. The highest BCUT2D eigenvalue weighted by atomic mass is 19.1. The number of aliphatic hydroxyl groups excluding tert-OH is 1. The van der Waals surface area contributed by atoms with Crippen molar-refractivity contribution in [3.63, 3.8) is 0 Å². The minimum atomic E-state index is -0.768. The number of carbonyl (C=O) groups is 1. The van der Waals surface area contributed by atoms with Crippen molar-refractivity contribution < 1.29 is 19.0 Å². The van der Waals surface area contributed by atoms with Crippen LogP contribution < -0.4 is 0 Å². The number of rotatable bonds is 11. The van der Waals surface area contributed by atoms with E-state index in [0.29, 0.717) is 12.8 Å². The number of methoxy groups -OCH3 is 1. The van der Waals surface area contributed by atoms with E-state index in [1.807, 2.05) is 0 Å². The van der Waals surface area contributed by atoms with Crippen molar-refractivity contribution in [1.29, 1.82) is 0 Å². The Bertz CT molecular complexity index is 186. The molecule has 1 atom stereocenters. The predicted octanol–water partition coefficient (Wildman–Crippen LogP) is 3.00. The molecule has 4 heteroatoms. The third-order valence-electron chi connectivity index (χ3n) is 2.82. The van der Waals surface area contributed by atoms with Gasteiger partial charge in [-0.1, -0.05) is 38.5 Å². The molecule has 3 nitrogen and oxygen atoms in total. The highest BCUT2D eigenvalue weighted by Gasteiger charge is 2.02. The van der Waals surface area contributed by atoms with Crippen LogP contribution in [-0.2, 0) is 9.53 Å². The fourth-order valence-electron chi connectivity index (χ4n) is 1.71. The molecule has 0 rings (SSSR count). The Hall–Kier alpha value is -0.640. The minimum absolute atomic E-state index is 0.134. The first kappa shape index (κ1) is 16.4. The Morgan fingerprint density at radius 2 is 1.65 bits per heavy atom. The van der Waals surface area contributed by atoms with Crippen LogP contribution in [0.5, 0.6) is 0 Å². The van der Waals surface area contributed by atoms with Gasteiger partial charge in [-0.05, 0) is 12.8 Å². The first-order valence-electron chi connectivity index (χ1n) is 6.51. The average Bonchev–Trinajstić information content (AvgIpc) is 2.35. The van der Waals surface area contributed by atoms with E-state index in [2.05, 4.69) is 4.74 Å². The molecular formula is C13H25FO3. The van der Waals surface area contributed by atoms with Crippen LogP contribution in [0.25, 0.3) is 0 Å². The van der Waals surface area contributed by atoms with Gasteiger partial charge in [0.15, 0.2) is 0 Å². The lowest BCUT2D eigenvalue weighted by atomic mass is 10.1. The highest BCUT2D eigenvalue weighted by molar-refractivity contribution is 5.68. The molecule has 0 spiro atoms. The van der Waals surface area contributed by atoms with Gasteiger partial charge in [0, 0.05) is 6.42 Å². The van der Waals surface area contributed by atoms with E-state index in [1.165, 1.54) is 7.11 Å². The zero-order valence-corrected chi connectivity index (χ0v) is 10.8. The largest absolute Gasteiger partial charge is 0.469 e. The molecule has 1 N–H and O–H groups in total. The Morgan fingerprint density at radius 3 is 2.18 bits per heavy atom. The Morgan fingerprint density at radius 1 is 1.12 bits per heavy atom. The molecule has 0 aromatic rings. The lowest BCUT2D eigenvalue weighted by Gasteiger charge is -2.05. The summed E-state index contributed by atoms with van der Waals surface area (Å²) in [7, 11) is 1.41. The molecule has 0 aliphatic rings. The fourth-order valence-corrected chi connectivity index (χ4v) is 1.71. The van der Waals surface area contributed by atoms with E-state index in [-0.39, 0.29) is 5.97 Å². The van der Waals surface area contributed by atoms with Crippen molar-refractivity contribution >= 4 is 5.97 Å². The van der Waals surface area contributed by atoms with Crippen LogP contribution in [0, 0.1) is 0 Å². The van der Waals surface area contributed by atoms with Crippen molar-refractivity contribution in [3.05, 3.63) is 0 Å². The van der Waals surface area contributed by atoms with E-state index in [4.69, 9.17) is 5.11 Å². The van der Waals surface area contributed by atoms with Gasteiger partial charge in [0.05, 0.1) is 13.2 Å². The van der Waals surface area contributed by atoms with Crippen molar-refractivity contribution in [2.24, 2.45) is 0 Å². The Labute approximate surface area is 103 Å². The summed E-state index contributed by atoms with van der Waals surface area (Å²) in [6, 6.07) is 0. The van der Waals surface area contributed by atoms with E-state index in [1.54, 1.807) is 0 Å². The number of ether oxygens (including phenoxy) is 1. The van der Waals surface area contributed by atoms with Gasteiger partial charge >= 0.3 is 5.97 Å². The van der Waals surface area contributed by atoms with Gasteiger partial charge in [-0.2, -0.15) is 0 Å². The third-order valence-corrected chi connectivity index (χ3v) is 2.82. The zero-order valence-electron chi connectivity index (χ0n) is 10.8. The topological polar surface area (TPSA) is 46.5 Å². The van der Waals surface area contributed by atoms with Crippen molar-refractivity contribution in [2.75, 3.05) is 13.8 Å². The van der Waals surface area contributed by atoms with Gasteiger partial charge in [-0.3, -0.25) is 4.79 Å². The number of unbranched alkanes of at least 4 members (excludes halogenated alkanes) is 6. The zero-order chi connectivity index (χ0) is 12.9. The van der Waals surface area contributed by atoms with Gasteiger partial charge in [0.2, 0.25) is 0 Å². The van der Waals surface area contributed by atoms with Crippen LogP contribution in [0.4, 0.5) is 4.39 Å². The van der Waals surface area contributed by atoms with Crippen LogP contribution in [0.3, 0.4) is 0 Å². The summed E-state index contributed by atoms with van der Waals surface area (Å²) in [5.74, 6) is -0.134. The monoisotopic (exact) mass is 248 g/mol. The van der Waals surface area contributed by atoms with Crippen molar-refractivity contribution in [1.82, 2.24) is 0 Å². The molecule has 0 aromatic heterocycles. The molecule has 102 valence electrons. The normalized spacial score (nSPS) is 12.4. The van der Waals surface area contributed by atoms with E-state index >= 15 is 0 Å². The third kappa shape index (κ3) is 11.6. The number of esters is 1. The fraction of sp³-hybridized carbons (Fsp3) is 0.923. The van der Waals surface area contributed by atoms with Crippen LogP contribution in [0.2, 0.25) is 0 Å². The number of hydrogen-bond acceptors (Lipinski definition) is 3. The molecule has 1 unspecified atom stereocenters. The second kappa shape index (κ2) is 11.8. The Balaban J connectivity index is 3.06. The second-order valence-electron chi connectivity index (χ2n) is 4.40. The maximum absolute atomic E-state index is 11.9. The summed E-state index contributed by atoms with van der Waals surface area (Å²) in [5.41, 5.74) is 0. The second-order valence-corrected chi connectivity index (χ2v) is 4.40. The van der Waals surface area contributed by atoms with Crippen molar-refractivity contribution in [3.8, 4) is 0 Å². The molecule has 17 heavy (non-hydrogen) atoms. The summed E-state index contributed by atoms with van der Waals surface area (Å²) in [4.78, 5) is 10.8. The SMILES string of the molecule is COC(=O)CCCCCCCCCC(O)CF. The molecule has 0 radical (unpaired) electrons. The minimum Gasteiger partial charge on any atom is -0.469 e. The molecule has 0 amide bonds. The van der Waals surface area contributed by atoms with Crippen LogP contribution >= 0.6 is 0 Å². The number of carbonyl (C=O) groups excluding carboxylic acids is 1. The van der Waals surface area contributed by atoms with Gasteiger partial charge in [0.1, 0.15) is 6.67 Å². The predicted molar refractivity (Wildman–Crippen MR) is 65.6 cm³/mol. The first-order chi connectivity index (χ1) is 8.20. The maximum Gasteiger partial charge on any atom is 0.305 e. The molecule has 0 saturated heterocycles. The van der Waals surface area contributed by atoms with Gasteiger partial charge in [0.25, 0.3) is 0 Å². The van der Waals surface area contributed by atoms with E-state index in [0.717, 1.165) is 44.9 Å². The van der Waals surface area contributed by atoms with Crippen LogP contribution in [-0.4, -0.2) is 31.0 Å². The lowest BCUT2D eigenvalue weighted by Crippen LogP contribution is -2.07. The quantitative estimate of drug-likeness (QED) is 0.451. The smallest absolute Gasteiger partial charge is 0.305 e. The summed E-state index contributed by atoms with van der Waals surface area (Å²) in [5, 5.41) is 8.99. The molecule has 0 aromatic carbocycles. The molecule has 0 fully saturated rings. The van der Waals surface area contributed by atoms with Gasteiger partial charge in [-0.15, -0.1) is 0 Å². The summed E-state index contributed by atoms with van der Waals surface area (Å²) < 4.78 is 16.5. The van der Waals surface area contributed by atoms with Crippen molar-refractivity contribution in [2.45, 2.75) is 63.9 Å².